The number of carbonyl (C=O) groups excluding carboxylic acids is 2. The van der Waals surface area contributed by atoms with Gasteiger partial charge in [0.15, 0.2) is 11.5 Å². The number of nitrogens with one attached hydrogen (secondary N) is 2. The lowest BCUT2D eigenvalue weighted by Gasteiger charge is -2.33. The van der Waals surface area contributed by atoms with E-state index in [2.05, 4.69) is 17.2 Å². The zero-order valence-corrected chi connectivity index (χ0v) is 14.0. The monoisotopic (exact) mass is 336 g/mol. The topological polar surface area (TPSA) is 95.1 Å². The lowest BCUT2D eigenvalue weighted by Crippen LogP contribution is -2.51. The van der Waals surface area contributed by atoms with Crippen molar-refractivity contribution in [3.63, 3.8) is 0 Å². The molecule has 8 nitrogen and oxygen atoms in total. The van der Waals surface area contributed by atoms with Crippen LogP contribution in [0, 0.1) is 5.92 Å². The first kappa shape index (κ1) is 17.5. The number of amides is 2. The van der Waals surface area contributed by atoms with Crippen LogP contribution in [0.3, 0.4) is 0 Å². The molecule has 2 amide bonds. The fraction of sp³-hybridized carbons (Fsp3) is 0.375. The van der Waals surface area contributed by atoms with Crippen LogP contribution in [0.4, 0.5) is 4.79 Å². The van der Waals surface area contributed by atoms with Gasteiger partial charge in [-0.3, -0.25) is 4.79 Å². The first-order valence-electron chi connectivity index (χ1n) is 7.10. The first-order chi connectivity index (χ1) is 11.5. The van der Waals surface area contributed by atoms with Crippen molar-refractivity contribution in [3.8, 4) is 17.2 Å². The lowest BCUT2D eigenvalue weighted by atomic mass is 9.88. The second-order valence-corrected chi connectivity index (χ2v) is 5.06. The third kappa shape index (κ3) is 3.08. The van der Waals surface area contributed by atoms with Crippen molar-refractivity contribution in [2.24, 2.45) is 5.92 Å². The highest BCUT2D eigenvalue weighted by Crippen LogP contribution is 2.42. The molecule has 1 aromatic carbocycles. The molecule has 1 aliphatic heterocycles. The summed E-state index contributed by atoms with van der Waals surface area (Å²) in [6.07, 6.45) is 0. The fourth-order valence-corrected chi connectivity index (χ4v) is 2.65. The van der Waals surface area contributed by atoms with E-state index in [-0.39, 0.29) is 5.70 Å². The lowest BCUT2D eigenvalue weighted by molar-refractivity contribution is -0.145. The molecule has 2 unspecified atom stereocenters. The molecule has 0 aliphatic carbocycles. The predicted molar refractivity (Wildman–Crippen MR) is 85.2 cm³/mol. The summed E-state index contributed by atoms with van der Waals surface area (Å²) in [6.45, 7) is 3.75. The highest BCUT2D eigenvalue weighted by Gasteiger charge is 2.39. The van der Waals surface area contributed by atoms with Gasteiger partial charge in [0, 0.05) is 5.70 Å². The Balaban J connectivity index is 2.55. The minimum absolute atomic E-state index is 0.254. The van der Waals surface area contributed by atoms with Crippen molar-refractivity contribution in [3.05, 3.63) is 30.0 Å². The van der Waals surface area contributed by atoms with Crippen molar-refractivity contribution in [2.75, 3.05) is 28.4 Å². The highest BCUT2D eigenvalue weighted by molar-refractivity contribution is 5.85. The molecule has 1 aromatic rings. The van der Waals surface area contributed by atoms with Crippen molar-refractivity contribution in [2.45, 2.75) is 6.04 Å². The van der Waals surface area contributed by atoms with Gasteiger partial charge < -0.3 is 29.6 Å². The minimum Gasteiger partial charge on any atom is -0.493 e. The molecular weight excluding hydrogens is 316 g/mol. The Bertz CT molecular complexity index is 648. The number of urea groups is 1. The Kier molecular flexibility index (Phi) is 5.18. The van der Waals surface area contributed by atoms with Crippen LogP contribution in [0.25, 0.3) is 0 Å². The van der Waals surface area contributed by atoms with Crippen LogP contribution in [0.5, 0.6) is 17.2 Å². The summed E-state index contributed by atoms with van der Waals surface area (Å²) in [5.74, 6) is -0.0815. The maximum absolute atomic E-state index is 12.1. The molecule has 0 bridgehead atoms. The van der Waals surface area contributed by atoms with Gasteiger partial charge in [-0.05, 0) is 17.7 Å². The summed E-state index contributed by atoms with van der Waals surface area (Å²) < 4.78 is 20.7. The van der Waals surface area contributed by atoms with Crippen LogP contribution >= 0.6 is 0 Å². The van der Waals surface area contributed by atoms with Crippen LogP contribution in [0.15, 0.2) is 24.4 Å². The molecular formula is C16H20N2O6. The molecule has 0 saturated carbocycles. The van der Waals surface area contributed by atoms with Gasteiger partial charge >= 0.3 is 12.0 Å². The molecule has 2 rings (SSSR count). The van der Waals surface area contributed by atoms with Gasteiger partial charge in [0.05, 0.1) is 34.5 Å². The summed E-state index contributed by atoms with van der Waals surface area (Å²) in [5.41, 5.74) is 0.847. The predicted octanol–water partition coefficient (Wildman–Crippen LogP) is 1.37. The van der Waals surface area contributed by atoms with E-state index in [0.29, 0.717) is 22.8 Å². The van der Waals surface area contributed by atoms with E-state index in [9.17, 15) is 9.59 Å². The molecule has 1 heterocycles. The summed E-state index contributed by atoms with van der Waals surface area (Å²) in [5, 5.41) is 5.20. The molecule has 2 atom stereocenters. The van der Waals surface area contributed by atoms with Crippen molar-refractivity contribution in [1.29, 1.82) is 0 Å². The number of hydrogen-bond acceptors (Lipinski definition) is 6. The number of methoxy groups -OCH3 is 4. The Hall–Kier alpha value is -2.90. The Morgan fingerprint density at radius 1 is 1.08 bits per heavy atom. The standard InChI is InChI=1S/C16H20N2O6/c1-8-12(15(19)24-5)13(18-16(20)17-8)9-6-10(21-2)14(23-4)11(7-9)22-3/h6-7,12-13H,1H2,2-5H3,(H2,17,18,20). The van der Waals surface area contributed by atoms with Crippen LogP contribution < -0.4 is 24.8 Å². The number of ether oxygens (including phenoxy) is 4. The SMILES string of the molecule is C=C1NC(=O)NC(c2cc(OC)c(OC)c(OC)c2)C1C(=O)OC. The zero-order valence-electron chi connectivity index (χ0n) is 14.0. The van der Waals surface area contributed by atoms with E-state index < -0.39 is 24.0 Å². The molecule has 0 spiro atoms. The second kappa shape index (κ2) is 7.12. The third-order valence-electron chi connectivity index (χ3n) is 3.77. The molecule has 1 fully saturated rings. The van der Waals surface area contributed by atoms with Crippen LogP contribution in [0.2, 0.25) is 0 Å². The molecule has 2 N–H and O–H groups in total. The van der Waals surface area contributed by atoms with Gasteiger partial charge in [0.2, 0.25) is 5.75 Å². The van der Waals surface area contributed by atoms with Crippen LogP contribution in [-0.4, -0.2) is 40.4 Å². The number of benzene rings is 1. The van der Waals surface area contributed by atoms with Gasteiger partial charge in [-0.15, -0.1) is 0 Å². The van der Waals surface area contributed by atoms with Gasteiger partial charge in [0.1, 0.15) is 5.92 Å². The van der Waals surface area contributed by atoms with E-state index in [1.807, 2.05) is 0 Å². The summed E-state index contributed by atoms with van der Waals surface area (Å²) >= 11 is 0. The smallest absolute Gasteiger partial charge is 0.319 e. The van der Waals surface area contributed by atoms with Crippen molar-refractivity contribution in [1.82, 2.24) is 10.6 Å². The maximum Gasteiger partial charge on any atom is 0.319 e. The van der Waals surface area contributed by atoms with Crippen molar-refractivity contribution >= 4 is 12.0 Å². The molecule has 0 aromatic heterocycles. The maximum atomic E-state index is 12.1. The molecule has 0 radical (unpaired) electrons. The molecule has 24 heavy (non-hydrogen) atoms. The molecule has 8 heteroatoms. The third-order valence-corrected chi connectivity index (χ3v) is 3.77. The average molecular weight is 336 g/mol. The van der Waals surface area contributed by atoms with Gasteiger partial charge in [-0.25, -0.2) is 4.79 Å². The largest absolute Gasteiger partial charge is 0.493 e. The van der Waals surface area contributed by atoms with Gasteiger partial charge in [-0.1, -0.05) is 6.58 Å². The number of carbonyl (C=O) groups is 2. The Morgan fingerprint density at radius 3 is 2.12 bits per heavy atom. The summed E-state index contributed by atoms with van der Waals surface area (Å²) in [6, 6.07) is 2.19. The highest BCUT2D eigenvalue weighted by atomic mass is 16.5. The van der Waals surface area contributed by atoms with E-state index >= 15 is 0 Å². The fourth-order valence-electron chi connectivity index (χ4n) is 2.65. The molecule has 1 aliphatic rings. The Morgan fingerprint density at radius 2 is 1.67 bits per heavy atom. The zero-order chi connectivity index (χ0) is 17.9. The van der Waals surface area contributed by atoms with Crippen LogP contribution in [-0.2, 0) is 9.53 Å². The average Bonchev–Trinajstić information content (AvgIpc) is 2.58. The van der Waals surface area contributed by atoms with E-state index in [1.54, 1.807) is 12.1 Å². The molecule has 130 valence electrons. The Labute approximate surface area is 139 Å². The van der Waals surface area contributed by atoms with E-state index in [0.717, 1.165) is 0 Å². The summed E-state index contributed by atoms with van der Waals surface area (Å²) in [7, 11) is 5.74. The molecule has 1 saturated heterocycles. The van der Waals surface area contributed by atoms with Crippen LogP contribution in [0.1, 0.15) is 11.6 Å². The number of esters is 1. The van der Waals surface area contributed by atoms with E-state index in [4.69, 9.17) is 18.9 Å². The number of rotatable bonds is 5. The second-order valence-electron chi connectivity index (χ2n) is 5.06. The quantitative estimate of drug-likeness (QED) is 0.789. The van der Waals surface area contributed by atoms with E-state index in [1.165, 1.54) is 28.4 Å². The van der Waals surface area contributed by atoms with Gasteiger partial charge in [-0.2, -0.15) is 0 Å². The van der Waals surface area contributed by atoms with Crippen molar-refractivity contribution < 1.29 is 28.5 Å². The normalized spacial score (nSPS) is 19.8. The number of hydrogen-bond donors (Lipinski definition) is 2. The minimum atomic E-state index is -0.796. The first-order valence-corrected chi connectivity index (χ1v) is 7.10. The van der Waals surface area contributed by atoms with Gasteiger partial charge in [0.25, 0.3) is 0 Å². The summed E-state index contributed by atoms with van der Waals surface area (Å²) in [4.78, 5) is 24.0.